The molecule has 1 atom stereocenters. The third-order valence-corrected chi connectivity index (χ3v) is 4.75. The number of benzene rings is 1. The van der Waals surface area contributed by atoms with Crippen LogP contribution in [0.3, 0.4) is 0 Å². The van der Waals surface area contributed by atoms with Crippen LogP contribution in [-0.4, -0.2) is 41.5 Å². The van der Waals surface area contributed by atoms with Crippen molar-refractivity contribution in [1.29, 1.82) is 0 Å². The zero-order valence-corrected chi connectivity index (χ0v) is 16.0. The van der Waals surface area contributed by atoms with Gasteiger partial charge in [-0.3, -0.25) is 9.59 Å². The summed E-state index contributed by atoms with van der Waals surface area (Å²) < 4.78 is 4.92. The fourth-order valence-electron chi connectivity index (χ4n) is 3.34. The average Bonchev–Trinajstić information content (AvgIpc) is 3.04. The van der Waals surface area contributed by atoms with E-state index in [2.05, 4.69) is 22.7 Å². The molecule has 1 aliphatic heterocycles. The number of anilines is 2. The van der Waals surface area contributed by atoms with E-state index >= 15 is 0 Å². The molecule has 2 N–H and O–H groups in total. The summed E-state index contributed by atoms with van der Waals surface area (Å²) in [5.74, 6) is 1.45. The second-order valence-electron chi connectivity index (χ2n) is 7.25. The molecule has 3 rings (SSSR count). The second-order valence-corrected chi connectivity index (χ2v) is 7.25. The Hall–Kier alpha value is -2.83. The molecule has 1 unspecified atom stereocenters. The molecule has 1 aliphatic rings. The fraction of sp³-hybridized carbons (Fsp3) is 0.450. The van der Waals surface area contributed by atoms with Crippen molar-refractivity contribution < 1.29 is 14.1 Å². The minimum atomic E-state index is -0.217. The molecule has 0 saturated carbocycles. The van der Waals surface area contributed by atoms with Crippen LogP contribution < -0.4 is 10.6 Å². The molecular weight excluding hydrogens is 344 g/mol. The van der Waals surface area contributed by atoms with Gasteiger partial charge >= 0.3 is 0 Å². The van der Waals surface area contributed by atoms with Gasteiger partial charge in [0.25, 0.3) is 5.91 Å². The number of amides is 2. The maximum Gasteiger partial charge on any atom is 0.253 e. The smallest absolute Gasteiger partial charge is 0.253 e. The summed E-state index contributed by atoms with van der Waals surface area (Å²) in [5, 5.41) is 9.49. The van der Waals surface area contributed by atoms with Crippen LogP contribution in [0.1, 0.15) is 41.4 Å². The standard InChI is InChI=1S/C20H26N4O3/c1-13-5-4-8-24(12-13)20(26)16-6-7-17(14(2)9-16)21-11-19(25)22-18-10-15(3)27-23-18/h6-7,9-10,13,21H,4-5,8,11-12H2,1-3H3,(H,22,23,25). The highest BCUT2D eigenvalue weighted by molar-refractivity contribution is 5.95. The molecule has 1 aromatic heterocycles. The number of aryl methyl sites for hydroxylation is 2. The van der Waals surface area contributed by atoms with E-state index in [1.807, 2.05) is 30.0 Å². The molecule has 0 bridgehead atoms. The molecule has 27 heavy (non-hydrogen) atoms. The van der Waals surface area contributed by atoms with Gasteiger partial charge in [-0.05, 0) is 56.4 Å². The first kappa shape index (κ1) is 18.9. The van der Waals surface area contributed by atoms with Crippen molar-refractivity contribution in [3.05, 3.63) is 41.2 Å². The van der Waals surface area contributed by atoms with E-state index in [1.54, 1.807) is 13.0 Å². The number of carbonyl (C=O) groups excluding carboxylic acids is 2. The first-order valence-corrected chi connectivity index (χ1v) is 9.29. The number of rotatable bonds is 5. The number of piperidine rings is 1. The predicted octanol–water partition coefficient (Wildman–Crippen LogP) is 3.21. The van der Waals surface area contributed by atoms with Crippen LogP contribution in [-0.2, 0) is 4.79 Å². The Labute approximate surface area is 159 Å². The van der Waals surface area contributed by atoms with E-state index < -0.39 is 0 Å². The van der Waals surface area contributed by atoms with E-state index in [-0.39, 0.29) is 18.4 Å². The predicted molar refractivity (Wildman–Crippen MR) is 104 cm³/mol. The van der Waals surface area contributed by atoms with Gasteiger partial charge in [-0.1, -0.05) is 12.1 Å². The lowest BCUT2D eigenvalue weighted by atomic mass is 9.99. The van der Waals surface area contributed by atoms with Crippen LogP contribution in [0.4, 0.5) is 11.5 Å². The highest BCUT2D eigenvalue weighted by Crippen LogP contribution is 2.21. The maximum atomic E-state index is 12.7. The Morgan fingerprint density at radius 1 is 1.30 bits per heavy atom. The first-order chi connectivity index (χ1) is 12.9. The highest BCUT2D eigenvalue weighted by Gasteiger charge is 2.22. The van der Waals surface area contributed by atoms with E-state index in [0.717, 1.165) is 30.8 Å². The number of carbonyl (C=O) groups is 2. The summed E-state index contributed by atoms with van der Waals surface area (Å²) in [6.45, 7) is 7.62. The molecule has 2 aromatic rings. The van der Waals surface area contributed by atoms with Gasteiger partial charge < -0.3 is 20.1 Å². The van der Waals surface area contributed by atoms with Crippen molar-refractivity contribution in [3.8, 4) is 0 Å². The van der Waals surface area contributed by atoms with E-state index in [0.29, 0.717) is 23.1 Å². The molecule has 0 spiro atoms. The summed E-state index contributed by atoms with van der Waals surface area (Å²) in [5.41, 5.74) is 2.44. The van der Waals surface area contributed by atoms with Gasteiger partial charge in [-0.25, -0.2) is 0 Å². The number of likely N-dealkylation sites (tertiary alicyclic amines) is 1. The first-order valence-electron chi connectivity index (χ1n) is 9.29. The van der Waals surface area contributed by atoms with Gasteiger partial charge in [0, 0.05) is 30.4 Å². The van der Waals surface area contributed by atoms with Crippen LogP contribution in [0.5, 0.6) is 0 Å². The molecule has 144 valence electrons. The fourth-order valence-corrected chi connectivity index (χ4v) is 3.34. The molecule has 1 fully saturated rings. The average molecular weight is 370 g/mol. The van der Waals surface area contributed by atoms with Gasteiger partial charge in [-0.2, -0.15) is 0 Å². The molecule has 7 nitrogen and oxygen atoms in total. The molecular formula is C20H26N4O3. The summed E-state index contributed by atoms with van der Waals surface area (Å²) in [6.07, 6.45) is 2.24. The summed E-state index contributed by atoms with van der Waals surface area (Å²) in [4.78, 5) is 26.6. The van der Waals surface area contributed by atoms with Crippen LogP contribution in [0.15, 0.2) is 28.8 Å². The lowest BCUT2D eigenvalue weighted by Crippen LogP contribution is -2.39. The van der Waals surface area contributed by atoms with Crippen molar-refractivity contribution in [3.63, 3.8) is 0 Å². The van der Waals surface area contributed by atoms with Crippen LogP contribution in [0.25, 0.3) is 0 Å². The lowest BCUT2D eigenvalue weighted by molar-refractivity contribution is -0.114. The second kappa shape index (κ2) is 8.24. The van der Waals surface area contributed by atoms with E-state index in [4.69, 9.17) is 4.52 Å². The molecule has 0 aliphatic carbocycles. The Morgan fingerprint density at radius 3 is 2.78 bits per heavy atom. The van der Waals surface area contributed by atoms with Gasteiger partial charge in [0.2, 0.25) is 5.91 Å². The molecule has 7 heteroatoms. The zero-order valence-electron chi connectivity index (χ0n) is 16.0. The number of nitrogens with zero attached hydrogens (tertiary/aromatic N) is 2. The topological polar surface area (TPSA) is 87.5 Å². The molecule has 1 aromatic carbocycles. The third-order valence-electron chi connectivity index (χ3n) is 4.75. The number of aromatic nitrogens is 1. The Balaban J connectivity index is 1.57. The van der Waals surface area contributed by atoms with Gasteiger partial charge in [0.15, 0.2) is 5.82 Å². The highest BCUT2D eigenvalue weighted by atomic mass is 16.5. The minimum absolute atomic E-state index is 0.0790. The van der Waals surface area contributed by atoms with E-state index in [1.165, 1.54) is 6.42 Å². The van der Waals surface area contributed by atoms with Gasteiger partial charge in [-0.15, -0.1) is 0 Å². The Bertz CT molecular complexity index is 830. The number of hydrogen-bond acceptors (Lipinski definition) is 5. The molecule has 2 heterocycles. The SMILES string of the molecule is Cc1cc(NC(=O)CNc2ccc(C(=O)N3CCCC(C)C3)cc2C)no1. The molecule has 2 amide bonds. The minimum Gasteiger partial charge on any atom is -0.376 e. The molecule has 1 saturated heterocycles. The quantitative estimate of drug-likeness (QED) is 0.844. The number of nitrogens with one attached hydrogen (secondary N) is 2. The van der Waals surface area contributed by atoms with Crippen molar-refractivity contribution in [2.45, 2.75) is 33.6 Å². The van der Waals surface area contributed by atoms with Crippen LogP contribution in [0.2, 0.25) is 0 Å². The van der Waals surface area contributed by atoms with Gasteiger partial charge in [0.05, 0.1) is 6.54 Å². The van der Waals surface area contributed by atoms with Crippen molar-refractivity contribution in [2.75, 3.05) is 30.3 Å². The molecule has 0 radical (unpaired) electrons. The summed E-state index contributed by atoms with van der Waals surface area (Å²) in [6, 6.07) is 7.20. The lowest BCUT2D eigenvalue weighted by Gasteiger charge is -2.31. The van der Waals surface area contributed by atoms with Crippen molar-refractivity contribution in [2.24, 2.45) is 5.92 Å². The Kier molecular flexibility index (Phi) is 5.78. The van der Waals surface area contributed by atoms with Crippen LogP contribution in [0, 0.1) is 19.8 Å². The zero-order chi connectivity index (χ0) is 19.4. The largest absolute Gasteiger partial charge is 0.376 e. The monoisotopic (exact) mass is 370 g/mol. The summed E-state index contributed by atoms with van der Waals surface area (Å²) >= 11 is 0. The van der Waals surface area contributed by atoms with Crippen LogP contribution >= 0.6 is 0 Å². The van der Waals surface area contributed by atoms with Gasteiger partial charge in [0.1, 0.15) is 5.76 Å². The van der Waals surface area contributed by atoms with Crippen molar-refractivity contribution >= 4 is 23.3 Å². The summed E-state index contributed by atoms with van der Waals surface area (Å²) in [7, 11) is 0. The maximum absolute atomic E-state index is 12.7. The third kappa shape index (κ3) is 4.87. The number of hydrogen-bond donors (Lipinski definition) is 2. The van der Waals surface area contributed by atoms with Crippen molar-refractivity contribution in [1.82, 2.24) is 10.1 Å². The Morgan fingerprint density at radius 2 is 2.11 bits per heavy atom. The normalized spacial score (nSPS) is 16.9. The van der Waals surface area contributed by atoms with E-state index in [9.17, 15) is 9.59 Å².